The highest BCUT2D eigenvalue weighted by Gasteiger charge is 2.35. The number of hydrogen-bond acceptors (Lipinski definition) is 4. The Morgan fingerprint density at radius 2 is 1.55 bits per heavy atom. The summed E-state index contributed by atoms with van der Waals surface area (Å²) < 4.78 is 5.98. The first-order valence-electron chi connectivity index (χ1n) is 11.2. The Bertz CT molecular complexity index is 1640. The number of fused-ring (bicyclic) bond motifs is 1. The van der Waals surface area contributed by atoms with Crippen LogP contribution in [0, 0.1) is 0 Å². The number of carbonyl (C=O) groups excluding carboxylic acids is 2. The molecule has 0 saturated carbocycles. The van der Waals surface area contributed by atoms with Crippen molar-refractivity contribution in [2.45, 2.75) is 6.61 Å². The van der Waals surface area contributed by atoms with Crippen LogP contribution in [0.1, 0.15) is 11.1 Å². The first-order chi connectivity index (χ1) is 18.2. The summed E-state index contributed by atoms with van der Waals surface area (Å²) in [7, 11) is 0. The Morgan fingerprint density at radius 1 is 0.868 bits per heavy atom. The largest absolute Gasteiger partial charge is 0.486 e. The van der Waals surface area contributed by atoms with Gasteiger partial charge in [0, 0.05) is 0 Å². The zero-order chi connectivity index (χ0) is 27.0. The fraction of sp³-hybridized carbons (Fsp3) is 0.0357. The van der Waals surface area contributed by atoms with E-state index >= 15 is 0 Å². The molecule has 1 saturated heterocycles. The van der Waals surface area contributed by atoms with Crippen LogP contribution in [-0.2, 0) is 16.2 Å². The van der Waals surface area contributed by atoms with Crippen LogP contribution in [0.15, 0.2) is 78.4 Å². The second-order valence-corrected chi connectivity index (χ2v) is 10.3. The third-order valence-electron chi connectivity index (χ3n) is 5.86. The fourth-order valence-electron chi connectivity index (χ4n) is 4.08. The van der Waals surface area contributed by atoms with Crippen molar-refractivity contribution in [1.29, 1.82) is 0 Å². The maximum absolute atomic E-state index is 13.3. The lowest BCUT2D eigenvalue weighted by atomic mass is 10.1. The van der Waals surface area contributed by atoms with Gasteiger partial charge >= 0.3 is 0 Å². The van der Waals surface area contributed by atoms with E-state index in [9.17, 15) is 9.59 Å². The van der Waals surface area contributed by atoms with Crippen LogP contribution < -0.4 is 15.0 Å². The van der Waals surface area contributed by atoms with E-state index in [1.54, 1.807) is 30.3 Å². The molecular formula is C28H16Cl4N2O3S. The maximum atomic E-state index is 13.3. The van der Waals surface area contributed by atoms with Crippen molar-refractivity contribution in [1.82, 2.24) is 5.32 Å². The summed E-state index contributed by atoms with van der Waals surface area (Å²) in [6.07, 6.45) is 1.37. The van der Waals surface area contributed by atoms with E-state index in [0.29, 0.717) is 5.56 Å². The van der Waals surface area contributed by atoms with Crippen LogP contribution in [0.25, 0.3) is 16.8 Å². The van der Waals surface area contributed by atoms with Gasteiger partial charge in [0.1, 0.15) is 12.2 Å². The molecule has 0 aromatic heterocycles. The van der Waals surface area contributed by atoms with E-state index in [1.165, 1.54) is 6.08 Å². The van der Waals surface area contributed by atoms with Gasteiger partial charge in [-0.25, -0.2) is 0 Å². The number of nitrogens with zero attached hydrogens (tertiary/aromatic N) is 1. The van der Waals surface area contributed by atoms with Crippen LogP contribution in [0.4, 0.5) is 5.69 Å². The number of nitrogens with one attached hydrogen (secondary N) is 1. The monoisotopic (exact) mass is 600 g/mol. The van der Waals surface area contributed by atoms with Crippen LogP contribution in [0.3, 0.4) is 0 Å². The molecule has 1 fully saturated rings. The summed E-state index contributed by atoms with van der Waals surface area (Å²) >= 11 is 30.7. The Hall–Kier alpha value is -3.13. The zero-order valence-electron chi connectivity index (χ0n) is 19.3. The van der Waals surface area contributed by atoms with Gasteiger partial charge in [-0.05, 0) is 64.5 Å². The van der Waals surface area contributed by atoms with E-state index in [0.717, 1.165) is 21.2 Å². The molecule has 5 rings (SSSR count). The molecule has 1 N–H and O–H groups in total. The van der Waals surface area contributed by atoms with Crippen molar-refractivity contribution in [2.75, 3.05) is 4.90 Å². The smallest absolute Gasteiger partial charge is 0.270 e. The first kappa shape index (κ1) is 26.5. The highest BCUT2D eigenvalue weighted by molar-refractivity contribution is 7.80. The van der Waals surface area contributed by atoms with Crippen molar-refractivity contribution in [3.05, 3.63) is 110 Å². The molecule has 0 bridgehead atoms. The summed E-state index contributed by atoms with van der Waals surface area (Å²) in [4.78, 5) is 27.1. The van der Waals surface area contributed by atoms with Crippen molar-refractivity contribution in [3.63, 3.8) is 0 Å². The molecule has 5 nitrogen and oxygen atoms in total. The first-order valence-corrected chi connectivity index (χ1v) is 13.1. The standard InChI is InChI=1S/C28H16Cl4N2O3S/c29-20-9-4-10-23(24(20)32)34-27(36)19(26(35)33-28(34)38)11-15-12-21(30)25(22(31)13-15)37-14-17-7-3-6-16-5-1-2-8-18(16)17/h1-13H,14H2,(H,33,35,38)/b19-11+. The molecule has 1 aliphatic rings. The SMILES string of the molecule is O=C1NC(=S)N(c2cccc(Cl)c2Cl)C(=O)/C1=C/c1cc(Cl)c(OCc2cccc3ccccc23)c(Cl)c1. The van der Waals surface area contributed by atoms with Crippen LogP contribution in [0.5, 0.6) is 5.75 Å². The Labute approximate surface area is 243 Å². The summed E-state index contributed by atoms with van der Waals surface area (Å²) in [6, 6.07) is 21.8. The number of rotatable bonds is 5. The average Bonchev–Trinajstić information content (AvgIpc) is 2.88. The lowest BCUT2D eigenvalue weighted by Crippen LogP contribution is -2.54. The normalized spacial score (nSPS) is 14.8. The second-order valence-electron chi connectivity index (χ2n) is 8.27. The van der Waals surface area contributed by atoms with E-state index < -0.39 is 11.8 Å². The predicted octanol–water partition coefficient (Wildman–Crippen LogP) is 7.86. The zero-order valence-corrected chi connectivity index (χ0v) is 23.1. The Balaban J connectivity index is 1.43. The molecule has 0 spiro atoms. The number of anilines is 1. The second kappa shape index (κ2) is 10.9. The molecule has 0 radical (unpaired) electrons. The van der Waals surface area contributed by atoms with Gasteiger partial charge in [0.05, 0.1) is 25.8 Å². The molecule has 4 aromatic carbocycles. The third-order valence-corrected chi connectivity index (χ3v) is 7.51. The topological polar surface area (TPSA) is 58.6 Å². The molecule has 1 heterocycles. The predicted molar refractivity (Wildman–Crippen MR) is 157 cm³/mol. The number of amides is 2. The third kappa shape index (κ3) is 5.10. The highest BCUT2D eigenvalue weighted by atomic mass is 35.5. The van der Waals surface area contributed by atoms with Crippen molar-refractivity contribution < 1.29 is 14.3 Å². The molecule has 1 aliphatic heterocycles. The maximum Gasteiger partial charge on any atom is 0.270 e. The van der Waals surface area contributed by atoms with Crippen LogP contribution >= 0.6 is 58.6 Å². The molecule has 4 aromatic rings. The number of halogens is 4. The minimum absolute atomic E-state index is 0.116. The molecule has 38 heavy (non-hydrogen) atoms. The summed E-state index contributed by atoms with van der Waals surface area (Å²) in [5.74, 6) is -1.05. The quantitative estimate of drug-likeness (QED) is 0.144. The van der Waals surface area contributed by atoms with Gasteiger partial charge in [0.15, 0.2) is 10.9 Å². The summed E-state index contributed by atoms with van der Waals surface area (Å²) in [6.45, 7) is 0.245. The molecule has 2 amide bonds. The number of carbonyl (C=O) groups is 2. The van der Waals surface area contributed by atoms with Gasteiger partial charge in [-0.2, -0.15) is 0 Å². The lowest BCUT2D eigenvalue weighted by molar-refractivity contribution is -0.122. The minimum atomic E-state index is -0.675. The fourth-order valence-corrected chi connectivity index (χ4v) is 5.34. The minimum Gasteiger partial charge on any atom is -0.486 e. The van der Waals surface area contributed by atoms with Gasteiger partial charge in [-0.15, -0.1) is 0 Å². The molecule has 10 heteroatoms. The summed E-state index contributed by atoms with van der Waals surface area (Å²) in [5, 5.41) is 5.35. The number of ether oxygens (including phenoxy) is 1. The number of hydrogen-bond donors (Lipinski definition) is 1. The average molecular weight is 602 g/mol. The van der Waals surface area contributed by atoms with E-state index in [-0.39, 0.29) is 48.8 Å². The van der Waals surface area contributed by atoms with Crippen molar-refractivity contribution >= 4 is 98.1 Å². The van der Waals surface area contributed by atoms with Gasteiger partial charge in [-0.3, -0.25) is 19.8 Å². The molecule has 0 unspecified atom stereocenters. The van der Waals surface area contributed by atoms with Gasteiger partial charge < -0.3 is 4.74 Å². The van der Waals surface area contributed by atoms with Gasteiger partial charge in [0.25, 0.3) is 11.8 Å². The lowest BCUT2D eigenvalue weighted by Gasteiger charge is -2.29. The highest BCUT2D eigenvalue weighted by Crippen LogP contribution is 2.37. The van der Waals surface area contributed by atoms with E-state index in [1.807, 2.05) is 42.5 Å². The van der Waals surface area contributed by atoms with Gasteiger partial charge in [-0.1, -0.05) is 94.9 Å². The summed E-state index contributed by atoms with van der Waals surface area (Å²) in [5.41, 5.74) is 1.45. The number of benzene rings is 4. The molecular weight excluding hydrogens is 586 g/mol. The van der Waals surface area contributed by atoms with Gasteiger partial charge in [0.2, 0.25) is 0 Å². The Kier molecular flexibility index (Phi) is 7.61. The van der Waals surface area contributed by atoms with Crippen molar-refractivity contribution in [3.8, 4) is 5.75 Å². The molecule has 0 atom stereocenters. The van der Waals surface area contributed by atoms with Crippen LogP contribution in [0.2, 0.25) is 20.1 Å². The number of thiocarbonyl (C=S) groups is 1. The molecule has 190 valence electrons. The molecule has 0 aliphatic carbocycles. The Morgan fingerprint density at radius 3 is 2.32 bits per heavy atom. The van der Waals surface area contributed by atoms with E-state index in [4.69, 9.17) is 63.4 Å². The van der Waals surface area contributed by atoms with Crippen LogP contribution in [-0.4, -0.2) is 16.9 Å². The van der Waals surface area contributed by atoms with Crippen molar-refractivity contribution in [2.24, 2.45) is 0 Å². The van der Waals surface area contributed by atoms with E-state index in [2.05, 4.69) is 5.32 Å².